The first-order valence-electron chi connectivity index (χ1n) is 20.9. The Kier molecular flexibility index (Phi) is 10.5. The fourth-order valence-corrected chi connectivity index (χ4v) is 9.99. The van der Waals surface area contributed by atoms with Crippen molar-refractivity contribution in [2.75, 3.05) is 63.1 Å². The first-order chi connectivity index (χ1) is 28.2. The number of hydrogen-bond donors (Lipinski definition) is 3. The lowest BCUT2D eigenvalue weighted by Gasteiger charge is -2.37. The van der Waals surface area contributed by atoms with Gasteiger partial charge in [-0.1, -0.05) is 23.4 Å². The van der Waals surface area contributed by atoms with Gasteiger partial charge in [0, 0.05) is 57.3 Å². The zero-order valence-electron chi connectivity index (χ0n) is 33.1. The molecule has 9 rings (SSSR count). The number of nitrogens with two attached hydrogens (primary N) is 1. The molecule has 0 radical (unpaired) electrons. The average molecular weight is 789 g/mol. The maximum atomic E-state index is 12.7. The van der Waals surface area contributed by atoms with Crippen LogP contribution >= 0.6 is 0 Å². The fraction of sp³-hybridized carbons (Fsp3) is 0.512. The zero-order valence-corrected chi connectivity index (χ0v) is 33.1. The number of aromatic nitrogens is 3. The summed E-state index contributed by atoms with van der Waals surface area (Å²) < 4.78 is 5.70. The molecule has 58 heavy (non-hydrogen) atoms. The first-order valence-corrected chi connectivity index (χ1v) is 20.9. The van der Waals surface area contributed by atoms with E-state index in [-0.39, 0.29) is 29.6 Å². The lowest BCUT2D eigenvalue weighted by atomic mass is 9.88. The van der Waals surface area contributed by atoms with Crippen molar-refractivity contribution in [3.63, 3.8) is 0 Å². The second-order valence-corrected chi connectivity index (χ2v) is 17.0. The van der Waals surface area contributed by atoms with Crippen molar-refractivity contribution in [2.45, 2.75) is 81.6 Å². The number of carbonyl (C=O) groups excluding carboxylic acids is 4. The van der Waals surface area contributed by atoms with Gasteiger partial charge in [0.1, 0.15) is 11.5 Å². The van der Waals surface area contributed by atoms with Crippen molar-refractivity contribution in [3.8, 4) is 0 Å². The Bertz CT molecular complexity index is 2200. The number of likely N-dealkylation sites (N-methyl/N-ethyl adjacent to an activating group) is 1. The Morgan fingerprint density at radius 3 is 2.50 bits per heavy atom. The SMILES string of the molecule is CN1CCN([C@@H]2CCCN(c3cnc(C(N)=O)c(Nc4ccc(C5CCN(C[C@@H]6CCC(c7ccc8c(C9CCC(=O)NC9=O)noc8c7)C6)CC5)cc4)n3)C2)C1=O. The lowest BCUT2D eigenvalue weighted by molar-refractivity contribution is -0.134. The molecule has 0 spiro atoms. The number of amides is 5. The van der Waals surface area contributed by atoms with Gasteiger partial charge in [-0.25, -0.2) is 14.8 Å². The number of primary amides is 1. The molecule has 5 amide bonds. The number of likely N-dealkylation sites (tertiary alicyclic amines) is 1. The first kappa shape index (κ1) is 38.0. The standard InChI is InChI=1S/C43H52N10O5/c1-50-19-20-53(43(50)57)32-3-2-16-52(25-32)36-23-45-39(40(44)55)41(47-36)46-31-9-6-27(7-10-31)28-14-17-51(18-15-28)24-26-4-5-29(21-26)30-8-11-33-35(22-30)58-49-38(33)34-12-13-37(54)48-42(34)56/h6-11,22-23,26,28-29,32,34H,2-5,12-21,24-25H2,1H3,(H2,44,55)(H,46,47)(H,48,54,56)/t26-,29?,32-,34?/m1/s1. The van der Waals surface area contributed by atoms with E-state index in [0.717, 1.165) is 88.9 Å². The molecule has 0 bridgehead atoms. The van der Waals surface area contributed by atoms with Crippen molar-refractivity contribution >= 4 is 52.0 Å². The summed E-state index contributed by atoms with van der Waals surface area (Å²) in [6.07, 6.45) is 9.97. The topological polar surface area (TPSA) is 183 Å². The number of nitrogens with zero attached hydrogens (tertiary/aromatic N) is 7. The number of benzene rings is 2. The quantitative estimate of drug-likeness (QED) is 0.182. The summed E-state index contributed by atoms with van der Waals surface area (Å²) >= 11 is 0. The van der Waals surface area contributed by atoms with E-state index in [1.54, 1.807) is 11.1 Å². The Morgan fingerprint density at radius 2 is 1.74 bits per heavy atom. The van der Waals surface area contributed by atoms with Crippen LogP contribution in [0.4, 0.5) is 22.1 Å². The van der Waals surface area contributed by atoms with Crippen molar-refractivity contribution in [1.29, 1.82) is 0 Å². The Labute approximate surface area is 337 Å². The van der Waals surface area contributed by atoms with E-state index in [0.29, 0.717) is 60.1 Å². The van der Waals surface area contributed by atoms with Crippen molar-refractivity contribution in [1.82, 2.24) is 35.1 Å². The second kappa shape index (κ2) is 16.0. The molecular formula is C43H52N10O5. The number of imide groups is 1. The van der Waals surface area contributed by atoms with Crippen molar-refractivity contribution in [2.24, 2.45) is 11.7 Å². The number of piperidine rings is 3. The predicted octanol–water partition coefficient (Wildman–Crippen LogP) is 5.08. The summed E-state index contributed by atoms with van der Waals surface area (Å²) in [5.41, 5.74) is 10.5. The van der Waals surface area contributed by atoms with E-state index >= 15 is 0 Å². The smallest absolute Gasteiger partial charge is 0.320 e. The summed E-state index contributed by atoms with van der Waals surface area (Å²) in [6.45, 7) is 6.19. The molecule has 15 heteroatoms. The number of anilines is 3. The molecule has 4 N–H and O–H groups in total. The minimum Gasteiger partial charge on any atom is -0.364 e. The molecule has 15 nitrogen and oxygen atoms in total. The fourth-order valence-electron chi connectivity index (χ4n) is 9.99. The maximum Gasteiger partial charge on any atom is 0.320 e. The second-order valence-electron chi connectivity index (χ2n) is 17.0. The van der Waals surface area contributed by atoms with Crippen LogP contribution in [0.1, 0.15) is 103 Å². The molecule has 4 aliphatic heterocycles. The minimum atomic E-state index is -0.643. The van der Waals surface area contributed by atoms with E-state index in [1.165, 1.54) is 17.5 Å². The number of urea groups is 1. The maximum absolute atomic E-state index is 12.7. The number of carbonyl (C=O) groups is 4. The van der Waals surface area contributed by atoms with Crippen LogP contribution in [0.25, 0.3) is 11.0 Å². The summed E-state index contributed by atoms with van der Waals surface area (Å²) in [5.74, 6) is 0.963. The molecule has 4 saturated heterocycles. The van der Waals surface area contributed by atoms with Gasteiger partial charge < -0.3 is 35.2 Å². The van der Waals surface area contributed by atoms with E-state index in [4.69, 9.17) is 15.2 Å². The van der Waals surface area contributed by atoms with E-state index in [2.05, 4.69) is 54.8 Å². The number of rotatable bonds is 10. The molecule has 2 unspecified atom stereocenters. The van der Waals surface area contributed by atoms with Crippen LogP contribution in [0.15, 0.2) is 53.2 Å². The number of fused-ring (bicyclic) bond motifs is 1. The van der Waals surface area contributed by atoms with Crippen LogP contribution in [0, 0.1) is 5.92 Å². The van der Waals surface area contributed by atoms with Gasteiger partial charge in [0.25, 0.3) is 5.91 Å². The Hall–Kier alpha value is -5.57. The van der Waals surface area contributed by atoms with Gasteiger partial charge in [0.05, 0.1) is 18.2 Å². The third kappa shape index (κ3) is 7.71. The molecule has 4 aromatic rings. The Balaban J connectivity index is 0.772. The highest BCUT2D eigenvalue weighted by molar-refractivity contribution is 6.02. The molecular weight excluding hydrogens is 737 g/mol. The lowest BCUT2D eigenvalue weighted by Crippen LogP contribution is -2.49. The summed E-state index contributed by atoms with van der Waals surface area (Å²) in [4.78, 5) is 66.9. The van der Waals surface area contributed by atoms with E-state index < -0.39 is 11.8 Å². The summed E-state index contributed by atoms with van der Waals surface area (Å²) in [6, 6.07) is 14.9. The Morgan fingerprint density at radius 1 is 0.931 bits per heavy atom. The highest BCUT2D eigenvalue weighted by atomic mass is 16.5. The van der Waals surface area contributed by atoms with Gasteiger partial charge in [-0.05, 0) is 118 Å². The molecule has 5 aliphatic rings. The van der Waals surface area contributed by atoms with Gasteiger partial charge in [0.2, 0.25) is 11.8 Å². The normalized spacial score (nSPS) is 24.8. The minimum absolute atomic E-state index is 0.0718. The van der Waals surface area contributed by atoms with Crippen LogP contribution in [0.5, 0.6) is 0 Å². The monoisotopic (exact) mass is 788 g/mol. The molecule has 2 aromatic heterocycles. The predicted molar refractivity (Wildman–Crippen MR) is 218 cm³/mol. The molecule has 5 fully saturated rings. The summed E-state index contributed by atoms with van der Waals surface area (Å²) in [5, 5.41) is 10.9. The van der Waals surface area contributed by atoms with E-state index in [9.17, 15) is 19.2 Å². The molecule has 1 aliphatic carbocycles. The van der Waals surface area contributed by atoms with Gasteiger partial charge in [0.15, 0.2) is 17.1 Å². The van der Waals surface area contributed by atoms with Crippen LogP contribution in [-0.4, -0.2) is 112 Å². The molecule has 4 atom stereocenters. The third-order valence-electron chi connectivity index (χ3n) is 13.3. The molecule has 2 aromatic carbocycles. The molecule has 6 heterocycles. The zero-order chi connectivity index (χ0) is 39.9. The highest BCUT2D eigenvalue weighted by Gasteiger charge is 2.36. The van der Waals surface area contributed by atoms with Crippen LogP contribution in [-0.2, 0) is 9.59 Å². The third-order valence-corrected chi connectivity index (χ3v) is 13.3. The van der Waals surface area contributed by atoms with Crippen LogP contribution in [0.3, 0.4) is 0 Å². The van der Waals surface area contributed by atoms with Crippen molar-refractivity contribution < 1.29 is 23.7 Å². The van der Waals surface area contributed by atoms with Crippen LogP contribution < -0.4 is 21.3 Å². The number of nitrogens with one attached hydrogen (secondary N) is 2. The van der Waals surface area contributed by atoms with Gasteiger partial charge in [-0.3, -0.25) is 19.7 Å². The molecule has 1 saturated carbocycles. The largest absolute Gasteiger partial charge is 0.364 e. The molecule has 304 valence electrons. The summed E-state index contributed by atoms with van der Waals surface area (Å²) in [7, 11) is 1.84. The van der Waals surface area contributed by atoms with Gasteiger partial charge >= 0.3 is 6.03 Å². The highest BCUT2D eigenvalue weighted by Crippen LogP contribution is 2.41. The number of hydrogen-bond acceptors (Lipinski definition) is 11. The van der Waals surface area contributed by atoms with Crippen molar-refractivity contribution in [3.05, 3.63) is 71.2 Å². The average Bonchev–Trinajstić information content (AvgIpc) is 3.97. The van der Waals surface area contributed by atoms with Crippen LogP contribution in [0.2, 0.25) is 0 Å². The van der Waals surface area contributed by atoms with Gasteiger partial charge in [-0.15, -0.1) is 0 Å². The van der Waals surface area contributed by atoms with E-state index in [1.807, 2.05) is 30.1 Å². The van der Waals surface area contributed by atoms with Gasteiger partial charge in [-0.2, -0.15) is 0 Å².